The Kier molecular flexibility index (Phi) is 5.22. The second-order valence-electron chi connectivity index (χ2n) is 6.59. The van der Waals surface area contributed by atoms with E-state index in [1.165, 1.54) is 31.4 Å². The first-order valence-corrected chi connectivity index (χ1v) is 8.53. The molecule has 0 radical (unpaired) electrons. The van der Waals surface area contributed by atoms with E-state index < -0.39 is 0 Å². The van der Waals surface area contributed by atoms with Crippen molar-refractivity contribution >= 4 is 17.2 Å². The molecule has 0 saturated heterocycles. The minimum atomic E-state index is -0.141. The van der Waals surface area contributed by atoms with Crippen LogP contribution in [0.4, 0.5) is 0 Å². The molecule has 0 bridgehead atoms. The molecule has 1 saturated carbocycles. The monoisotopic (exact) mass is 293 g/mol. The number of nitrogens with two attached hydrogens (primary N) is 1. The molecule has 20 heavy (non-hydrogen) atoms. The molecule has 1 aliphatic carbocycles. The zero-order chi connectivity index (χ0) is 14.6. The average Bonchev–Trinajstić information content (AvgIpc) is 3.11. The molecule has 112 valence electrons. The summed E-state index contributed by atoms with van der Waals surface area (Å²) in [6, 6.07) is 3.05. The SMILES string of the molecule is CC(C)(CCCCN(Cc1ccsc1)C1CC1)C(=N)N. The van der Waals surface area contributed by atoms with Gasteiger partial charge in [-0.2, -0.15) is 11.3 Å². The molecule has 0 aliphatic heterocycles. The van der Waals surface area contributed by atoms with Gasteiger partial charge in [0.1, 0.15) is 0 Å². The smallest absolute Gasteiger partial charge is 0.0963 e. The molecule has 1 aromatic heterocycles. The van der Waals surface area contributed by atoms with Gasteiger partial charge in [0.2, 0.25) is 0 Å². The van der Waals surface area contributed by atoms with Crippen molar-refractivity contribution < 1.29 is 0 Å². The van der Waals surface area contributed by atoms with E-state index in [1.54, 1.807) is 11.3 Å². The molecular weight excluding hydrogens is 266 g/mol. The van der Waals surface area contributed by atoms with Gasteiger partial charge >= 0.3 is 0 Å². The minimum Gasteiger partial charge on any atom is -0.387 e. The first-order valence-electron chi connectivity index (χ1n) is 7.59. The van der Waals surface area contributed by atoms with Gasteiger partial charge in [0.25, 0.3) is 0 Å². The van der Waals surface area contributed by atoms with Crippen molar-refractivity contribution in [3.05, 3.63) is 22.4 Å². The van der Waals surface area contributed by atoms with Gasteiger partial charge in [-0.25, -0.2) is 0 Å². The molecular formula is C16H27N3S. The lowest BCUT2D eigenvalue weighted by Crippen LogP contribution is -2.31. The van der Waals surface area contributed by atoms with Crippen LogP contribution in [0.5, 0.6) is 0 Å². The van der Waals surface area contributed by atoms with Crippen molar-refractivity contribution in [2.24, 2.45) is 11.1 Å². The fourth-order valence-corrected chi connectivity index (χ4v) is 3.12. The number of nitrogens with one attached hydrogen (secondary N) is 1. The van der Waals surface area contributed by atoms with Crippen LogP contribution in [0.3, 0.4) is 0 Å². The maximum Gasteiger partial charge on any atom is 0.0963 e. The third kappa shape index (κ3) is 4.60. The predicted octanol–water partition coefficient (Wildman–Crippen LogP) is 3.84. The van der Waals surface area contributed by atoms with Gasteiger partial charge < -0.3 is 5.73 Å². The Morgan fingerprint density at radius 1 is 1.45 bits per heavy atom. The van der Waals surface area contributed by atoms with Gasteiger partial charge in [-0.1, -0.05) is 20.3 Å². The lowest BCUT2D eigenvalue weighted by Gasteiger charge is -2.25. The second-order valence-corrected chi connectivity index (χ2v) is 7.37. The molecule has 1 heterocycles. The summed E-state index contributed by atoms with van der Waals surface area (Å²) in [4.78, 5) is 2.63. The van der Waals surface area contributed by atoms with E-state index in [4.69, 9.17) is 11.1 Å². The quantitative estimate of drug-likeness (QED) is 0.413. The Labute approximate surface area is 126 Å². The summed E-state index contributed by atoms with van der Waals surface area (Å²) >= 11 is 1.78. The van der Waals surface area contributed by atoms with Crippen LogP contribution in [0.25, 0.3) is 0 Å². The molecule has 3 N–H and O–H groups in total. The summed E-state index contributed by atoms with van der Waals surface area (Å²) in [5.74, 6) is 0.315. The highest BCUT2D eigenvalue weighted by atomic mass is 32.1. The number of nitrogens with zero attached hydrogens (tertiary/aromatic N) is 1. The molecule has 4 heteroatoms. The van der Waals surface area contributed by atoms with Crippen LogP contribution in [0.2, 0.25) is 0 Å². The Morgan fingerprint density at radius 2 is 2.20 bits per heavy atom. The topological polar surface area (TPSA) is 53.1 Å². The van der Waals surface area contributed by atoms with Crippen LogP contribution in [0.15, 0.2) is 16.8 Å². The van der Waals surface area contributed by atoms with Gasteiger partial charge in [0.15, 0.2) is 0 Å². The number of hydrogen-bond donors (Lipinski definition) is 2. The van der Waals surface area contributed by atoms with Crippen molar-refractivity contribution in [2.45, 2.75) is 58.5 Å². The number of hydrogen-bond acceptors (Lipinski definition) is 3. The molecule has 0 unspecified atom stereocenters. The highest BCUT2D eigenvalue weighted by Gasteiger charge is 2.28. The van der Waals surface area contributed by atoms with E-state index in [2.05, 4.69) is 35.6 Å². The van der Waals surface area contributed by atoms with Crippen molar-refractivity contribution in [1.82, 2.24) is 4.90 Å². The summed E-state index contributed by atoms with van der Waals surface area (Å²) in [6.45, 7) is 6.41. The standard InChI is InChI=1S/C16H27N3S/c1-16(2,15(17)18)8-3-4-9-19(14-5-6-14)11-13-7-10-20-12-13/h7,10,12,14H,3-6,8-9,11H2,1-2H3,(H3,17,18). The number of rotatable bonds is 9. The highest BCUT2D eigenvalue weighted by molar-refractivity contribution is 7.07. The molecule has 0 atom stereocenters. The van der Waals surface area contributed by atoms with Gasteiger partial charge in [0.05, 0.1) is 5.84 Å². The third-order valence-corrected chi connectivity index (χ3v) is 4.99. The normalized spacial score (nSPS) is 15.8. The van der Waals surface area contributed by atoms with E-state index in [-0.39, 0.29) is 5.41 Å². The van der Waals surface area contributed by atoms with Gasteiger partial charge in [-0.3, -0.25) is 10.3 Å². The van der Waals surface area contributed by atoms with Gasteiger partial charge in [0, 0.05) is 18.0 Å². The van der Waals surface area contributed by atoms with Crippen molar-refractivity contribution in [3.8, 4) is 0 Å². The molecule has 0 aromatic carbocycles. The predicted molar refractivity (Wildman–Crippen MR) is 87.3 cm³/mol. The lowest BCUT2D eigenvalue weighted by atomic mass is 9.86. The fraction of sp³-hybridized carbons (Fsp3) is 0.688. The van der Waals surface area contributed by atoms with Crippen LogP contribution in [-0.2, 0) is 6.54 Å². The minimum absolute atomic E-state index is 0.141. The highest BCUT2D eigenvalue weighted by Crippen LogP contribution is 2.29. The summed E-state index contributed by atoms with van der Waals surface area (Å²) in [5.41, 5.74) is 6.94. The first-order chi connectivity index (χ1) is 9.49. The van der Waals surface area contributed by atoms with E-state index >= 15 is 0 Å². The van der Waals surface area contributed by atoms with E-state index in [9.17, 15) is 0 Å². The Morgan fingerprint density at radius 3 is 2.75 bits per heavy atom. The Balaban J connectivity index is 1.72. The molecule has 1 aromatic rings. The van der Waals surface area contributed by atoms with Crippen molar-refractivity contribution in [2.75, 3.05) is 6.54 Å². The summed E-state index contributed by atoms with van der Waals surface area (Å²) in [5, 5.41) is 12.0. The van der Waals surface area contributed by atoms with Gasteiger partial charge in [-0.15, -0.1) is 0 Å². The molecule has 2 rings (SSSR count). The van der Waals surface area contributed by atoms with Crippen LogP contribution in [0.1, 0.15) is 51.5 Å². The molecule has 3 nitrogen and oxygen atoms in total. The van der Waals surface area contributed by atoms with E-state index in [1.807, 2.05) is 0 Å². The number of unbranched alkanes of at least 4 members (excludes halogenated alkanes) is 1. The first kappa shape index (κ1) is 15.5. The van der Waals surface area contributed by atoms with Gasteiger partial charge in [-0.05, 0) is 54.6 Å². The maximum absolute atomic E-state index is 7.59. The zero-order valence-electron chi connectivity index (χ0n) is 12.7. The summed E-state index contributed by atoms with van der Waals surface area (Å²) in [7, 11) is 0. The molecule has 1 fully saturated rings. The Bertz CT molecular complexity index is 421. The maximum atomic E-state index is 7.59. The van der Waals surface area contributed by atoms with E-state index in [0.29, 0.717) is 5.84 Å². The van der Waals surface area contributed by atoms with E-state index in [0.717, 1.165) is 25.4 Å². The van der Waals surface area contributed by atoms with Crippen LogP contribution < -0.4 is 5.73 Å². The Hall–Kier alpha value is -0.870. The third-order valence-electron chi connectivity index (χ3n) is 4.26. The number of thiophene rings is 1. The zero-order valence-corrected chi connectivity index (χ0v) is 13.5. The lowest BCUT2D eigenvalue weighted by molar-refractivity contribution is 0.245. The molecule has 0 amide bonds. The number of amidine groups is 1. The average molecular weight is 293 g/mol. The fourth-order valence-electron chi connectivity index (χ4n) is 2.46. The molecule has 1 aliphatic rings. The van der Waals surface area contributed by atoms with Crippen LogP contribution in [-0.4, -0.2) is 23.3 Å². The summed E-state index contributed by atoms with van der Waals surface area (Å²) < 4.78 is 0. The summed E-state index contributed by atoms with van der Waals surface area (Å²) in [6.07, 6.45) is 6.10. The molecule has 0 spiro atoms. The van der Waals surface area contributed by atoms with Crippen molar-refractivity contribution in [1.29, 1.82) is 5.41 Å². The second kappa shape index (κ2) is 6.72. The largest absolute Gasteiger partial charge is 0.387 e. The van der Waals surface area contributed by atoms with Crippen LogP contribution in [0, 0.1) is 10.8 Å². The van der Waals surface area contributed by atoms with Crippen LogP contribution >= 0.6 is 11.3 Å². The van der Waals surface area contributed by atoms with Crippen molar-refractivity contribution in [3.63, 3.8) is 0 Å².